The lowest BCUT2D eigenvalue weighted by molar-refractivity contribution is -0.154. The van der Waals surface area contributed by atoms with E-state index in [9.17, 15) is 9.59 Å². The molecule has 1 amide bonds. The molecule has 0 aromatic carbocycles. The first-order chi connectivity index (χ1) is 12.5. The molecule has 26 heavy (non-hydrogen) atoms. The Bertz CT molecular complexity index is 623. The summed E-state index contributed by atoms with van der Waals surface area (Å²) in [5.74, 6) is 3.02. The maximum Gasteiger partial charge on any atom is 0.316 e. The van der Waals surface area contributed by atoms with Gasteiger partial charge in [0.05, 0.1) is 5.75 Å². The summed E-state index contributed by atoms with van der Waals surface area (Å²) >= 11 is 3.22. The molecule has 0 aliphatic heterocycles. The summed E-state index contributed by atoms with van der Waals surface area (Å²) in [6.07, 6.45) is 6.67. The van der Waals surface area contributed by atoms with Crippen molar-refractivity contribution in [3.63, 3.8) is 0 Å². The van der Waals surface area contributed by atoms with E-state index in [2.05, 4.69) is 11.4 Å². The van der Waals surface area contributed by atoms with Crippen molar-refractivity contribution in [2.45, 2.75) is 62.8 Å². The monoisotopic (exact) mass is 393 g/mol. The largest absolute Gasteiger partial charge is 0.452 e. The van der Waals surface area contributed by atoms with Crippen LogP contribution >= 0.6 is 23.1 Å². The fourth-order valence-corrected chi connectivity index (χ4v) is 7.19. The second-order valence-corrected chi connectivity index (χ2v) is 10.4. The van der Waals surface area contributed by atoms with E-state index in [0.717, 1.165) is 42.8 Å². The van der Waals surface area contributed by atoms with Crippen LogP contribution in [0.25, 0.3) is 0 Å². The molecule has 142 valence electrons. The number of esters is 1. The molecule has 1 N–H and O–H groups in total. The molecule has 1 aromatic heterocycles. The number of thioether (sulfide) groups is 1. The van der Waals surface area contributed by atoms with Crippen LogP contribution in [0.1, 0.15) is 50.3 Å². The minimum Gasteiger partial charge on any atom is -0.452 e. The van der Waals surface area contributed by atoms with Crippen molar-refractivity contribution in [1.82, 2.24) is 5.32 Å². The number of carbonyl (C=O) groups excluding carboxylic acids is 2. The Morgan fingerprint density at radius 2 is 1.92 bits per heavy atom. The highest BCUT2D eigenvalue weighted by Crippen LogP contribution is 2.55. The van der Waals surface area contributed by atoms with Crippen LogP contribution in [-0.2, 0) is 20.1 Å². The number of nitrogens with one attached hydrogen (secondary N) is 1. The lowest BCUT2D eigenvalue weighted by Gasteiger charge is -2.57. The average Bonchev–Trinajstić information content (AvgIpc) is 3.06. The van der Waals surface area contributed by atoms with Gasteiger partial charge >= 0.3 is 5.97 Å². The van der Waals surface area contributed by atoms with Gasteiger partial charge in [0.2, 0.25) is 0 Å². The van der Waals surface area contributed by atoms with Gasteiger partial charge in [-0.2, -0.15) is 0 Å². The van der Waals surface area contributed by atoms with Crippen molar-refractivity contribution in [3.05, 3.63) is 22.4 Å². The summed E-state index contributed by atoms with van der Waals surface area (Å²) in [6.45, 7) is 1.69. The van der Waals surface area contributed by atoms with E-state index in [0.29, 0.717) is 0 Å². The molecule has 0 radical (unpaired) electrons. The SMILES string of the molecule is C[C@H](OC(=O)CSCc1cccs1)C(=O)NC12CC3CC(CC(C3)C1)C2. The highest BCUT2D eigenvalue weighted by Gasteiger charge is 2.51. The lowest BCUT2D eigenvalue weighted by Crippen LogP contribution is -2.61. The first-order valence-electron chi connectivity index (χ1n) is 9.63. The Labute approximate surface area is 163 Å². The minimum atomic E-state index is -0.710. The molecule has 4 nitrogen and oxygen atoms in total. The fourth-order valence-electron chi connectivity index (χ4n) is 5.54. The first-order valence-corrected chi connectivity index (χ1v) is 11.7. The molecular formula is C20H27NO3S2. The Hall–Kier alpha value is -1.01. The standard InChI is InChI=1S/C20H27NO3S2/c1-13(24-18(22)12-25-11-17-3-2-4-26-17)19(23)21-20-8-14-5-15(9-20)7-16(6-14)10-20/h2-4,13-16H,5-12H2,1H3,(H,21,23)/t13-,14?,15?,16?,20?/m0/s1. The zero-order valence-electron chi connectivity index (χ0n) is 15.2. The molecule has 5 rings (SSSR count). The third-order valence-electron chi connectivity index (χ3n) is 6.15. The number of ether oxygens (including phenoxy) is 1. The molecule has 1 atom stereocenters. The number of carbonyl (C=O) groups is 2. The molecule has 0 spiro atoms. The van der Waals surface area contributed by atoms with E-state index in [4.69, 9.17) is 4.74 Å². The molecule has 4 saturated carbocycles. The molecule has 6 heteroatoms. The summed E-state index contributed by atoms with van der Waals surface area (Å²) in [6, 6.07) is 4.07. The lowest BCUT2D eigenvalue weighted by atomic mass is 9.53. The van der Waals surface area contributed by atoms with Gasteiger partial charge in [0.1, 0.15) is 0 Å². The molecule has 4 fully saturated rings. The van der Waals surface area contributed by atoms with Crippen LogP contribution in [0.5, 0.6) is 0 Å². The normalized spacial score (nSPS) is 33.0. The summed E-state index contributed by atoms with van der Waals surface area (Å²) in [7, 11) is 0. The Balaban J connectivity index is 1.23. The van der Waals surface area contributed by atoms with Crippen molar-refractivity contribution >= 4 is 35.0 Å². The number of rotatable bonds is 7. The molecule has 1 aromatic rings. The minimum absolute atomic E-state index is 0.0274. The molecule has 1 heterocycles. The Morgan fingerprint density at radius 1 is 1.27 bits per heavy atom. The maximum atomic E-state index is 12.6. The van der Waals surface area contributed by atoms with Gasteiger partial charge in [-0.25, -0.2) is 0 Å². The van der Waals surface area contributed by atoms with Gasteiger partial charge in [-0.05, 0) is 74.6 Å². The molecule has 4 aliphatic rings. The van der Waals surface area contributed by atoms with Crippen LogP contribution in [0.2, 0.25) is 0 Å². The fraction of sp³-hybridized carbons (Fsp3) is 0.700. The van der Waals surface area contributed by atoms with Crippen LogP contribution in [0.3, 0.4) is 0 Å². The van der Waals surface area contributed by atoms with Gasteiger partial charge in [-0.15, -0.1) is 23.1 Å². The number of thiophene rings is 1. The highest BCUT2D eigenvalue weighted by molar-refractivity contribution is 7.99. The van der Waals surface area contributed by atoms with Crippen molar-refractivity contribution < 1.29 is 14.3 Å². The zero-order valence-corrected chi connectivity index (χ0v) is 16.9. The van der Waals surface area contributed by atoms with Crippen molar-refractivity contribution in [2.75, 3.05) is 5.75 Å². The number of hydrogen-bond acceptors (Lipinski definition) is 5. The highest BCUT2D eigenvalue weighted by atomic mass is 32.2. The summed E-state index contributed by atoms with van der Waals surface area (Å²) in [5.41, 5.74) is -0.0274. The van der Waals surface area contributed by atoms with Crippen LogP contribution in [0.4, 0.5) is 0 Å². The van der Waals surface area contributed by atoms with Gasteiger partial charge < -0.3 is 10.1 Å². The van der Waals surface area contributed by atoms with Crippen molar-refractivity contribution in [3.8, 4) is 0 Å². The van der Waals surface area contributed by atoms with E-state index in [1.54, 1.807) is 18.3 Å². The van der Waals surface area contributed by atoms with Crippen LogP contribution in [0.15, 0.2) is 17.5 Å². The molecule has 4 bridgehead atoms. The molecule has 0 unspecified atom stereocenters. The van der Waals surface area contributed by atoms with Gasteiger partial charge in [0.25, 0.3) is 5.91 Å². The summed E-state index contributed by atoms with van der Waals surface area (Å²) in [4.78, 5) is 25.9. The van der Waals surface area contributed by atoms with Crippen LogP contribution in [-0.4, -0.2) is 29.3 Å². The summed E-state index contributed by atoms with van der Waals surface area (Å²) < 4.78 is 5.38. The Morgan fingerprint density at radius 3 is 2.50 bits per heavy atom. The molecular weight excluding hydrogens is 366 g/mol. The second kappa shape index (κ2) is 7.55. The maximum absolute atomic E-state index is 12.6. The van der Waals surface area contributed by atoms with Crippen molar-refractivity contribution in [2.24, 2.45) is 17.8 Å². The third-order valence-corrected chi connectivity index (χ3v) is 8.16. The molecule has 4 aliphatic carbocycles. The predicted molar refractivity (Wildman–Crippen MR) is 105 cm³/mol. The van der Waals surface area contributed by atoms with E-state index in [-0.39, 0.29) is 23.2 Å². The van der Waals surface area contributed by atoms with Gasteiger partial charge in [-0.1, -0.05) is 6.07 Å². The first kappa shape index (κ1) is 18.4. The quantitative estimate of drug-likeness (QED) is 0.712. The van der Waals surface area contributed by atoms with Gasteiger partial charge in [-0.3, -0.25) is 9.59 Å². The average molecular weight is 394 g/mol. The smallest absolute Gasteiger partial charge is 0.316 e. The predicted octanol–water partition coefficient (Wildman–Crippen LogP) is 4.00. The van der Waals surface area contributed by atoms with E-state index >= 15 is 0 Å². The second-order valence-electron chi connectivity index (χ2n) is 8.39. The summed E-state index contributed by atoms with van der Waals surface area (Å²) in [5, 5.41) is 5.32. The van der Waals surface area contributed by atoms with Gasteiger partial charge in [0.15, 0.2) is 6.10 Å². The zero-order chi connectivity index (χ0) is 18.1. The van der Waals surface area contributed by atoms with E-state index in [1.807, 2.05) is 11.4 Å². The third kappa shape index (κ3) is 4.11. The van der Waals surface area contributed by atoms with Crippen molar-refractivity contribution in [1.29, 1.82) is 0 Å². The van der Waals surface area contributed by atoms with E-state index in [1.165, 1.54) is 35.9 Å². The topological polar surface area (TPSA) is 55.4 Å². The van der Waals surface area contributed by atoms with Crippen LogP contribution < -0.4 is 5.32 Å². The number of hydrogen-bond donors (Lipinski definition) is 1. The van der Waals surface area contributed by atoms with Gasteiger partial charge in [0, 0.05) is 16.2 Å². The van der Waals surface area contributed by atoms with Crippen LogP contribution in [0, 0.1) is 17.8 Å². The Kier molecular flexibility index (Phi) is 5.33. The molecule has 0 saturated heterocycles. The van der Waals surface area contributed by atoms with E-state index < -0.39 is 6.10 Å². The number of amides is 1.